The van der Waals surface area contributed by atoms with Gasteiger partial charge in [-0.15, -0.1) is 0 Å². The third kappa shape index (κ3) is 2.79. The summed E-state index contributed by atoms with van der Waals surface area (Å²) in [7, 11) is 0. The van der Waals surface area contributed by atoms with E-state index in [1.54, 1.807) is 0 Å². The van der Waals surface area contributed by atoms with Crippen LogP contribution in [0, 0.1) is 0 Å². The van der Waals surface area contributed by atoms with Crippen molar-refractivity contribution in [2.45, 2.75) is 44.4 Å². The van der Waals surface area contributed by atoms with Crippen LogP contribution in [0.2, 0.25) is 5.02 Å². The van der Waals surface area contributed by atoms with Gasteiger partial charge in [0, 0.05) is 24.5 Å². The molecule has 1 fully saturated rings. The number of benzene rings is 1. The highest BCUT2D eigenvalue weighted by Gasteiger charge is 2.27. The Bertz CT molecular complexity index is 480. The lowest BCUT2D eigenvalue weighted by atomic mass is 9.96. The molecule has 1 unspecified atom stereocenters. The van der Waals surface area contributed by atoms with Crippen molar-refractivity contribution in [3.05, 3.63) is 34.3 Å². The van der Waals surface area contributed by atoms with Crippen molar-refractivity contribution in [3.63, 3.8) is 0 Å². The quantitative estimate of drug-likeness (QED) is 0.806. The maximum absolute atomic E-state index is 12.3. The van der Waals surface area contributed by atoms with Gasteiger partial charge in [-0.2, -0.15) is 0 Å². The normalized spacial score (nSPS) is 22.4. The summed E-state index contributed by atoms with van der Waals surface area (Å²) < 4.78 is 0. The van der Waals surface area contributed by atoms with Gasteiger partial charge >= 0.3 is 0 Å². The fourth-order valence-electron chi connectivity index (χ4n) is 3.35. The molecule has 2 nitrogen and oxygen atoms in total. The second kappa shape index (κ2) is 5.54. The molecule has 2 aliphatic rings. The molecule has 102 valence electrons. The minimum Gasteiger partial charge on any atom is -0.343 e. The third-order valence-corrected chi connectivity index (χ3v) is 4.67. The molecule has 0 spiro atoms. The molecule has 0 aromatic heterocycles. The Morgan fingerprint density at radius 1 is 1.26 bits per heavy atom. The number of carbonyl (C=O) groups excluding carboxylic acids is 1. The number of amides is 1. The Hall–Kier alpha value is -1.02. The van der Waals surface area contributed by atoms with E-state index < -0.39 is 0 Å². The number of piperidine rings is 1. The average Bonchev–Trinajstić information content (AvgIpc) is 2.82. The first-order valence-corrected chi connectivity index (χ1v) is 7.68. The molecule has 1 heterocycles. The molecule has 19 heavy (non-hydrogen) atoms. The predicted octanol–water partition coefficient (Wildman–Crippen LogP) is 3.77. The van der Waals surface area contributed by atoms with E-state index in [9.17, 15) is 4.79 Å². The zero-order valence-electron chi connectivity index (χ0n) is 11.2. The summed E-state index contributed by atoms with van der Waals surface area (Å²) in [6.07, 6.45) is 6.44. The van der Waals surface area contributed by atoms with E-state index >= 15 is 0 Å². The summed E-state index contributed by atoms with van der Waals surface area (Å²) >= 11 is 6.08. The number of carbonyl (C=O) groups is 1. The van der Waals surface area contributed by atoms with Crippen LogP contribution < -0.4 is 0 Å². The van der Waals surface area contributed by atoms with Gasteiger partial charge in [0.1, 0.15) is 0 Å². The molecule has 1 aliphatic carbocycles. The van der Waals surface area contributed by atoms with Crippen LogP contribution in [-0.2, 0) is 11.2 Å². The highest BCUT2D eigenvalue weighted by atomic mass is 35.5. The minimum absolute atomic E-state index is 0.331. The first-order chi connectivity index (χ1) is 9.24. The number of halogens is 1. The Balaban J connectivity index is 1.68. The van der Waals surface area contributed by atoms with Crippen molar-refractivity contribution in [2.24, 2.45) is 0 Å². The molecule has 3 heteroatoms. The molecule has 0 N–H and O–H groups in total. The van der Waals surface area contributed by atoms with Gasteiger partial charge in [-0.3, -0.25) is 4.79 Å². The van der Waals surface area contributed by atoms with Crippen LogP contribution in [0.3, 0.4) is 0 Å². The fraction of sp³-hybridized carbons (Fsp3) is 0.562. The van der Waals surface area contributed by atoms with Crippen LogP contribution in [0.1, 0.15) is 49.1 Å². The zero-order valence-corrected chi connectivity index (χ0v) is 12.0. The fourth-order valence-corrected chi connectivity index (χ4v) is 3.53. The zero-order chi connectivity index (χ0) is 13.2. The van der Waals surface area contributed by atoms with E-state index in [4.69, 9.17) is 11.6 Å². The third-order valence-electron chi connectivity index (χ3n) is 4.44. The van der Waals surface area contributed by atoms with Crippen LogP contribution in [0.15, 0.2) is 18.2 Å². The summed E-state index contributed by atoms with van der Waals surface area (Å²) in [6, 6.07) is 6.12. The summed E-state index contributed by atoms with van der Waals surface area (Å²) in [5.41, 5.74) is 2.68. The van der Waals surface area contributed by atoms with E-state index in [1.165, 1.54) is 30.4 Å². The van der Waals surface area contributed by atoms with Crippen molar-refractivity contribution >= 4 is 17.5 Å². The highest BCUT2D eigenvalue weighted by molar-refractivity contribution is 6.30. The molecule has 0 radical (unpaired) electrons. The summed E-state index contributed by atoms with van der Waals surface area (Å²) in [6.45, 7) is 1.90. The van der Waals surface area contributed by atoms with Gasteiger partial charge in [0.05, 0.1) is 0 Å². The highest BCUT2D eigenvalue weighted by Crippen LogP contribution is 2.37. The van der Waals surface area contributed by atoms with Crippen molar-refractivity contribution in [1.82, 2.24) is 4.90 Å². The number of nitrogens with zero attached hydrogens (tertiary/aromatic N) is 1. The first kappa shape index (κ1) is 13.0. The van der Waals surface area contributed by atoms with Gasteiger partial charge in [0.2, 0.25) is 5.91 Å². The topological polar surface area (TPSA) is 20.3 Å². The number of hydrogen-bond donors (Lipinski definition) is 0. The minimum atomic E-state index is 0.331. The maximum atomic E-state index is 12.3. The lowest BCUT2D eigenvalue weighted by Gasteiger charge is -2.28. The van der Waals surface area contributed by atoms with Gasteiger partial charge in [0.15, 0.2) is 0 Å². The molecule has 1 amide bonds. The summed E-state index contributed by atoms with van der Waals surface area (Å²) in [5.74, 6) is 0.709. The Morgan fingerprint density at radius 2 is 2.05 bits per heavy atom. The Morgan fingerprint density at radius 3 is 2.84 bits per heavy atom. The molecule has 0 saturated carbocycles. The van der Waals surface area contributed by atoms with E-state index in [0.29, 0.717) is 18.2 Å². The lowest BCUT2D eigenvalue weighted by molar-refractivity contribution is -0.132. The largest absolute Gasteiger partial charge is 0.343 e. The van der Waals surface area contributed by atoms with Gasteiger partial charge < -0.3 is 4.90 Å². The number of fused-ring (bicyclic) bond motifs is 1. The first-order valence-electron chi connectivity index (χ1n) is 7.30. The standard InChI is InChI=1S/C16H20ClNO/c17-14-7-6-12-4-5-13(15(12)11-14)10-16(19)18-8-2-1-3-9-18/h6-7,11,13H,1-5,8-10H2. The molecule has 1 saturated heterocycles. The second-order valence-electron chi connectivity index (χ2n) is 5.72. The van der Waals surface area contributed by atoms with Crippen molar-refractivity contribution in [3.8, 4) is 0 Å². The monoisotopic (exact) mass is 277 g/mol. The summed E-state index contributed by atoms with van der Waals surface area (Å²) in [4.78, 5) is 14.4. The second-order valence-corrected chi connectivity index (χ2v) is 6.16. The van der Waals surface area contributed by atoms with Gasteiger partial charge in [-0.05, 0) is 61.3 Å². The van der Waals surface area contributed by atoms with E-state index in [1.807, 2.05) is 11.0 Å². The summed E-state index contributed by atoms with van der Waals surface area (Å²) in [5, 5.41) is 0.788. The molecule has 3 rings (SSSR count). The van der Waals surface area contributed by atoms with Crippen LogP contribution >= 0.6 is 11.6 Å². The molecule has 1 aromatic carbocycles. The molecular formula is C16H20ClNO. The van der Waals surface area contributed by atoms with Crippen molar-refractivity contribution in [2.75, 3.05) is 13.1 Å². The molecule has 1 aliphatic heterocycles. The van der Waals surface area contributed by atoms with Crippen molar-refractivity contribution < 1.29 is 4.79 Å². The molecular weight excluding hydrogens is 258 g/mol. The van der Waals surface area contributed by atoms with Crippen LogP contribution in [0.25, 0.3) is 0 Å². The van der Waals surface area contributed by atoms with Crippen LogP contribution in [0.5, 0.6) is 0 Å². The smallest absolute Gasteiger partial charge is 0.223 e. The Kier molecular flexibility index (Phi) is 3.79. The van der Waals surface area contributed by atoms with E-state index in [2.05, 4.69) is 12.1 Å². The Labute approximate surface area is 119 Å². The predicted molar refractivity (Wildman–Crippen MR) is 77.6 cm³/mol. The SMILES string of the molecule is O=C(CC1CCc2ccc(Cl)cc21)N1CCCCC1. The lowest BCUT2D eigenvalue weighted by Crippen LogP contribution is -2.36. The number of rotatable bonds is 2. The number of aryl methyl sites for hydroxylation is 1. The number of hydrogen-bond acceptors (Lipinski definition) is 1. The number of likely N-dealkylation sites (tertiary alicyclic amines) is 1. The van der Waals surface area contributed by atoms with Crippen LogP contribution in [0.4, 0.5) is 0 Å². The molecule has 1 atom stereocenters. The van der Waals surface area contributed by atoms with E-state index in [-0.39, 0.29) is 0 Å². The van der Waals surface area contributed by atoms with Crippen molar-refractivity contribution in [1.29, 1.82) is 0 Å². The van der Waals surface area contributed by atoms with Gasteiger partial charge in [0.25, 0.3) is 0 Å². The van der Waals surface area contributed by atoms with Crippen LogP contribution in [-0.4, -0.2) is 23.9 Å². The van der Waals surface area contributed by atoms with Gasteiger partial charge in [-0.1, -0.05) is 17.7 Å². The molecule has 1 aromatic rings. The van der Waals surface area contributed by atoms with E-state index in [0.717, 1.165) is 31.0 Å². The average molecular weight is 278 g/mol. The maximum Gasteiger partial charge on any atom is 0.223 e. The van der Waals surface area contributed by atoms with Gasteiger partial charge in [-0.25, -0.2) is 0 Å². The molecule has 0 bridgehead atoms.